The predicted octanol–water partition coefficient (Wildman–Crippen LogP) is 4.73. The van der Waals surface area contributed by atoms with Gasteiger partial charge in [0.2, 0.25) is 17.7 Å². The number of aromatic nitrogens is 4. The Balaban J connectivity index is 1.03. The van der Waals surface area contributed by atoms with Gasteiger partial charge in [-0.2, -0.15) is 0 Å². The molecule has 2 aromatic heterocycles. The second-order valence-corrected chi connectivity index (χ2v) is 25.2. The highest BCUT2D eigenvalue weighted by Crippen LogP contribution is 2.38. The van der Waals surface area contributed by atoms with Crippen molar-refractivity contribution < 1.29 is 72.9 Å². The average molecular weight is 1240 g/mol. The molecule has 2 amide bonds. The van der Waals surface area contributed by atoms with Crippen molar-refractivity contribution in [2.45, 2.75) is 199 Å². The number of Topliss-reactive ketones (excluding diaryl/α,β-unsaturated/α-hetero) is 3. The number of ether oxygens (including phenoxy) is 5. The molecule has 24 nitrogen and oxygen atoms in total. The summed E-state index contributed by atoms with van der Waals surface area (Å²) in [5.74, 6) is -8.23. The minimum atomic E-state index is -2.50. The maximum Gasteiger partial charge on any atom is 0.407 e. The number of piperidine rings is 1. The number of methoxy groups -OCH3 is 2. The van der Waals surface area contributed by atoms with Crippen LogP contribution in [0, 0.1) is 36.5 Å². The number of aryl methyl sites for hydroxylation is 1. The van der Waals surface area contributed by atoms with Crippen molar-refractivity contribution in [3.05, 3.63) is 83.5 Å². The molecule has 7 N–H and O–H groups in total. The number of rotatable bonds is 11. The van der Waals surface area contributed by atoms with E-state index >= 15 is 0 Å². The highest BCUT2D eigenvalue weighted by molar-refractivity contribution is 6.39. The Hall–Kier alpha value is -6.38. The van der Waals surface area contributed by atoms with E-state index in [2.05, 4.69) is 25.3 Å². The second-order valence-electron chi connectivity index (χ2n) is 25.2. The first-order chi connectivity index (χ1) is 42.4. The summed E-state index contributed by atoms with van der Waals surface area (Å²) in [6, 6.07) is -2.54. The average Bonchev–Trinajstić information content (AvgIpc) is 2.20. The third-order valence-corrected chi connectivity index (χ3v) is 18.4. The number of nitrogens with one attached hydrogen (secondary N) is 1. The van der Waals surface area contributed by atoms with Crippen molar-refractivity contribution in [2.75, 3.05) is 56.8 Å². The largest absolute Gasteiger partial charge is 0.459 e. The van der Waals surface area contributed by atoms with E-state index in [9.17, 15) is 49.2 Å². The Morgan fingerprint density at radius 1 is 0.809 bits per heavy atom. The van der Waals surface area contributed by atoms with Crippen LogP contribution in [-0.4, -0.2) is 194 Å². The number of carbonyl (C=O) groups excluding carboxylic acids is 6. The molecule has 5 aliphatic rings. The van der Waals surface area contributed by atoms with Crippen LogP contribution in [0.4, 0.5) is 16.7 Å². The number of cyclic esters (lactones) is 1. The molecule has 0 aromatic carbocycles. The summed E-state index contributed by atoms with van der Waals surface area (Å²) >= 11 is 0. The van der Waals surface area contributed by atoms with Crippen LogP contribution >= 0.6 is 0 Å². The van der Waals surface area contributed by atoms with Crippen LogP contribution in [0.1, 0.15) is 130 Å². The van der Waals surface area contributed by atoms with Crippen LogP contribution in [0.25, 0.3) is 0 Å². The standard InChI is InChI=1S/C65H95N9O15/c1-38-15-11-10-12-16-40(3)53(85-8)29-48-20-18-44(7)65(84,89-48)59(80)60(81)74-22-14-13-17-50(74)61(82)87-54(30-51(76)41(4)26-43(6)57(78)58(79)56(77)42(5)25-38)49(66)27-45-19-21-52(55(28-45)86-9)88-64(83)71-35-46-33-69-63(70-34-46)73-24-23-72(36-47(73)37-75)62-67-31-39(2)32-68-62/h10-12,15-16,26,31-34,38,41-42,44-45,47-50,52-55,57-58,75,78-79,84H,13-14,17-25,27-30,35-37,66H2,1-9H3,(H,71,83)/b12-10+,15-11+,40-16+,43-26+/t38-,41-,42-,44-,45+,47?,48+,49-,50+,52-,53+,54+,55-,57-,58+,65-/m1/s1. The summed E-state index contributed by atoms with van der Waals surface area (Å²) in [6.07, 6.45) is 13.5. The molecule has 3 saturated heterocycles. The van der Waals surface area contributed by atoms with Crippen molar-refractivity contribution in [3.8, 4) is 0 Å². The molecular weight excluding hydrogens is 1150 g/mol. The number of nitrogens with zero attached hydrogens (tertiary/aromatic N) is 7. The molecule has 4 fully saturated rings. The topological polar surface area (TPSA) is 329 Å². The van der Waals surface area contributed by atoms with Crippen LogP contribution in [0.5, 0.6) is 0 Å². The molecule has 0 spiro atoms. The first-order valence-corrected chi connectivity index (χ1v) is 31.5. The van der Waals surface area contributed by atoms with E-state index in [0.717, 1.165) is 16.0 Å². The number of aliphatic hydroxyl groups excluding tert-OH is 3. The van der Waals surface area contributed by atoms with Crippen molar-refractivity contribution in [2.24, 2.45) is 35.3 Å². The fourth-order valence-electron chi connectivity index (χ4n) is 12.7. The molecule has 16 atom stereocenters. The summed E-state index contributed by atoms with van der Waals surface area (Å²) < 4.78 is 30.0. The maximum atomic E-state index is 14.6. The van der Waals surface area contributed by atoms with Gasteiger partial charge in [-0.15, -0.1) is 0 Å². The normalized spacial score (nSPS) is 34.4. The lowest BCUT2D eigenvalue weighted by atomic mass is 9.80. The van der Waals surface area contributed by atoms with E-state index in [1.807, 2.05) is 61.0 Å². The van der Waals surface area contributed by atoms with E-state index in [1.54, 1.807) is 52.7 Å². The van der Waals surface area contributed by atoms with Crippen molar-refractivity contribution in [1.29, 1.82) is 0 Å². The molecule has 1 unspecified atom stereocenters. The molecule has 89 heavy (non-hydrogen) atoms. The minimum absolute atomic E-state index is 0.00255. The SMILES string of the molecule is CO[C@H]1C[C@@H]2CC[C@@H](C)[C@@](O)(O2)C(=O)C(=O)N2CCCC[C@H]2C(=O)O[C@H]([C@H](N)C[C@@H]2CC[C@@H](OC(=O)NCc3cnc(N4CCN(c5ncc(C)cn5)CC4CO)nc3)[C@H](OC)C2)CC(=O)[C@H](C)/C=C(\C)[C@@H](O)[C@@H](O)C(=O)[C@H](C)C[C@H](C)/C=C/C=C/C=C/1C. The van der Waals surface area contributed by atoms with Crippen LogP contribution in [0.3, 0.4) is 0 Å². The van der Waals surface area contributed by atoms with Crippen molar-refractivity contribution in [1.82, 2.24) is 30.2 Å². The smallest absolute Gasteiger partial charge is 0.407 e. The first kappa shape index (κ1) is 70.1. The predicted molar refractivity (Wildman–Crippen MR) is 329 cm³/mol. The van der Waals surface area contributed by atoms with Crippen molar-refractivity contribution in [3.63, 3.8) is 0 Å². The van der Waals surface area contributed by atoms with Gasteiger partial charge in [0.05, 0.1) is 31.0 Å². The molecule has 6 heterocycles. The fraction of sp³-hybridized carbons (Fsp3) is 0.662. The highest BCUT2D eigenvalue weighted by Gasteiger charge is 2.53. The lowest BCUT2D eigenvalue weighted by molar-refractivity contribution is -0.265. The zero-order valence-corrected chi connectivity index (χ0v) is 53.1. The van der Waals surface area contributed by atoms with Crippen LogP contribution in [0.2, 0.25) is 0 Å². The van der Waals surface area contributed by atoms with Gasteiger partial charge < -0.3 is 69.9 Å². The van der Waals surface area contributed by atoms with Crippen LogP contribution in [0.15, 0.2) is 72.4 Å². The number of alkyl carbamates (subject to hydrolysis) is 1. The Labute approximate surface area is 522 Å². The fourth-order valence-corrected chi connectivity index (χ4v) is 12.7. The van der Waals surface area contributed by atoms with E-state index in [1.165, 1.54) is 20.1 Å². The number of carbonyl (C=O) groups is 6. The molecule has 4 aliphatic heterocycles. The molecular formula is C65H95N9O15. The number of piperazine rings is 1. The lowest BCUT2D eigenvalue weighted by Gasteiger charge is -2.42. The number of fused-ring (bicyclic) bond motifs is 3. The number of amides is 2. The van der Waals surface area contributed by atoms with Gasteiger partial charge in [-0.3, -0.25) is 19.2 Å². The number of hydrogen-bond acceptors (Lipinski definition) is 22. The van der Waals surface area contributed by atoms with Crippen LogP contribution in [-0.2, 0) is 54.2 Å². The third kappa shape index (κ3) is 18.4. The van der Waals surface area contributed by atoms with Gasteiger partial charge in [0.1, 0.15) is 36.2 Å². The number of esters is 1. The summed E-state index contributed by atoms with van der Waals surface area (Å²) in [6.45, 7) is 13.7. The summed E-state index contributed by atoms with van der Waals surface area (Å²) in [5, 5.41) is 47.5. The first-order valence-electron chi connectivity index (χ1n) is 31.5. The minimum Gasteiger partial charge on any atom is -0.459 e. The van der Waals surface area contributed by atoms with Gasteiger partial charge >= 0.3 is 12.1 Å². The zero-order valence-electron chi connectivity index (χ0n) is 53.1. The van der Waals surface area contributed by atoms with E-state index in [0.29, 0.717) is 88.5 Å². The molecule has 7 rings (SSSR count). The number of ketones is 3. The Morgan fingerprint density at radius 2 is 1.53 bits per heavy atom. The molecule has 24 heteroatoms. The summed E-state index contributed by atoms with van der Waals surface area (Å²) in [7, 11) is 3.06. The quantitative estimate of drug-likeness (QED) is 0.101. The van der Waals surface area contributed by atoms with Gasteiger partial charge in [-0.25, -0.2) is 29.5 Å². The Bertz CT molecular complexity index is 2850. The van der Waals surface area contributed by atoms with E-state index in [4.69, 9.17) is 29.4 Å². The number of allylic oxidation sites excluding steroid dienone is 6. The zero-order chi connectivity index (χ0) is 64.7. The molecule has 2 aromatic rings. The number of nitrogens with two attached hydrogens (primary N) is 1. The van der Waals surface area contributed by atoms with E-state index < -0.39 is 120 Å². The van der Waals surface area contributed by atoms with E-state index in [-0.39, 0.29) is 62.4 Å². The molecule has 490 valence electrons. The molecule has 0 radical (unpaired) electrons. The third-order valence-electron chi connectivity index (χ3n) is 18.4. The van der Waals surface area contributed by atoms with Gasteiger partial charge in [-0.1, -0.05) is 64.2 Å². The van der Waals surface area contributed by atoms with Gasteiger partial charge in [0.15, 0.2) is 5.78 Å². The molecule has 1 saturated carbocycles. The van der Waals surface area contributed by atoms with Crippen molar-refractivity contribution >= 4 is 47.2 Å². The number of aliphatic hydroxyl groups is 4. The van der Waals surface area contributed by atoms with Gasteiger partial charge in [0, 0.05) is 114 Å². The maximum absolute atomic E-state index is 14.6. The summed E-state index contributed by atoms with van der Waals surface area (Å²) in [4.78, 5) is 108. The summed E-state index contributed by atoms with van der Waals surface area (Å²) in [5.41, 5.74) is 9.59. The second kappa shape index (κ2) is 32.6. The van der Waals surface area contributed by atoms with Crippen LogP contribution < -0.4 is 20.9 Å². The van der Waals surface area contributed by atoms with Gasteiger partial charge in [0.25, 0.3) is 11.7 Å². The highest BCUT2D eigenvalue weighted by atomic mass is 16.6. The number of hydrogen-bond donors (Lipinski definition) is 6. The molecule has 2 bridgehead atoms. The number of anilines is 2. The molecule has 1 aliphatic carbocycles. The Morgan fingerprint density at radius 3 is 2.22 bits per heavy atom. The monoisotopic (exact) mass is 1240 g/mol. The Kier molecular flexibility index (Phi) is 25.6. The lowest BCUT2D eigenvalue weighted by Crippen LogP contribution is -2.61. The van der Waals surface area contributed by atoms with Gasteiger partial charge in [-0.05, 0) is 114 Å².